The van der Waals surface area contributed by atoms with E-state index in [0.717, 1.165) is 0 Å². The average molecular weight is 148 g/mol. The maximum Gasteiger partial charge on any atom is 0.255 e. The zero-order valence-electron chi connectivity index (χ0n) is 5.10. The van der Waals surface area contributed by atoms with Gasteiger partial charge in [0.25, 0.3) is 6.43 Å². The Kier molecular flexibility index (Phi) is 4.12. The number of nitrogens with one attached hydrogen (secondary N) is 1. The number of hydrogen-bond donors (Lipinski definition) is 1. The number of carbonyl (C=O) groups excluding carboxylic acids is 1. The summed E-state index contributed by atoms with van der Waals surface area (Å²) in [5.41, 5.74) is 0. The molecule has 0 atom stereocenters. The lowest BCUT2D eigenvalue weighted by molar-refractivity contribution is -0.120. The van der Waals surface area contributed by atoms with Crippen molar-refractivity contribution in [2.24, 2.45) is 0 Å². The topological polar surface area (TPSA) is 52.9 Å². The van der Waals surface area contributed by atoms with Crippen LogP contribution in [0.2, 0.25) is 0 Å². The van der Waals surface area contributed by atoms with Crippen LogP contribution >= 0.6 is 0 Å². The average Bonchev–Trinajstić information content (AvgIpc) is 1.85. The Morgan fingerprint density at radius 3 is 2.70 bits per heavy atom. The highest BCUT2D eigenvalue weighted by Gasteiger charge is 2.04. The smallest absolute Gasteiger partial charge is 0.255 e. The fourth-order valence-electron chi connectivity index (χ4n) is 0.325. The lowest BCUT2D eigenvalue weighted by Crippen LogP contribution is -2.27. The van der Waals surface area contributed by atoms with E-state index in [1.165, 1.54) is 6.07 Å². The van der Waals surface area contributed by atoms with Gasteiger partial charge in [0.15, 0.2) is 0 Å². The highest BCUT2D eigenvalue weighted by molar-refractivity contribution is 5.77. The molecule has 0 aliphatic carbocycles. The van der Waals surface area contributed by atoms with Gasteiger partial charge in [0.2, 0.25) is 5.91 Å². The first-order valence-electron chi connectivity index (χ1n) is 2.58. The molecule has 0 rings (SSSR count). The highest BCUT2D eigenvalue weighted by atomic mass is 19.3. The molecule has 0 heterocycles. The first-order valence-corrected chi connectivity index (χ1v) is 2.58. The Morgan fingerprint density at radius 2 is 2.30 bits per heavy atom. The van der Waals surface area contributed by atoms with Gasteiger partial charge in [0.1, 0.15) is 6.42 Å². The molecule has 10 heavy (non-hydrogen) atoms. The highest BCUT2D eigenvalue weighted by Crippen LogP contribution is 1.87. The van der Waals surface area contributed by atoms with Gasteiger partial charge in [-0.15, -0.1) is 0 Å². The molecule has 0 unspecified atom stereocenters. The minimum absolute atomic E-state index is 0.368. The van der Waals surface area contributed by atoms with Crippen LogP contribution in [-0.2, 0) is 4.79 Å². The molecule has 0 bridgehead atoms. The van der Waals surface area contributed by atoms with Gasteiger partial charge in [-0.25, -0.2) is 8.78 Å². The molecule has 0 aliphatic rings. The summed E-state index contributed by atoms with van der Waals surface area (Å²) >= 11 is 0. The molecule has 0 aliphatic heterocycles. The molecule has 0 saturated carbocycles. The molecule has 0 fully saturated rings. The summed E-state index contributed by atoms with van der Waals surface area (Å²) in [5.74, 6) is -0.664. The Morgan fingerprint density at radius 1 is 1.70 bits per heavy atom. The van der Waals surface area contributed by atoms with Gasteiger partial charge in [-0.3, -0.25) is 4.79 Å². The number of carbonyl (C=O) groups is 1. The normalized spacial score (nSPS) is 9.00. The van der Waals surface area contributed by atoms with Crippen LogP contribution in [0.15, 0.2) is 0 Å². The zero-order valence-corrected chi connectivity index (χ0v) is 5.10. The Labute approximate surface area is 56.6 Å². The quantitative estimate of drug-likeness (QED) is 0.625. The van der Waals surface area contributed by atoms with Crippen LogP contribution < -0.4 is 5.32 Å². The largest absolute Gasteiger partial charge is 0.349 e. The zero-order chi connectivity index (χ0) is 7.98. The molecule has 5 heteroatoms. The van der Waals surface area contributed by atoms with E-state index in [-0.39, 0.29) is 6.42 Å². The second-order valence-electron chi connectivity index (χ2n) is 1.53. The Balaban J connectivity index is 3.33. The summed E-state index contributed by atoms with van der Waals surface area (Å²) in [6.45, 7) is -0.680. The van der Waals surface area contributed by atoms with Gasteiger partial charge >= 0.3 is 0 Å². The molecule has 1 amide bonds. The van der Waals surface area contributed by atoms with Crippen molar-refractivity contribution in [3.8, 4) is 6.07 Å². The van der Waals surface area contributed by atoms with Crippen LogP contribution in [0.4, 0.5) is 8.78 Å². The molecule has 0 aromatic carbocycles. The molecule has 0 saturated heterocycles. The number of halogens is 2. The number of rotatable bonds is 3. The summed E-state index contributed by atoms with van der Waals surface area (Å²) in [7, 11) is 0. The number of amides is 1. The third kappa shape index (κ3) is 4.97. The van der Waals surface area contributed by atoms with Crippen molar-refractivity contribution < 1.29 is 13.6 Å². The predicted octanol–water partition coefficient (Wildman–Crippen LogP) is 0.281. The van der Waals surface area contributed by atoms with E-state index >= 15 is 0 Å². The number of hydrogen-bond acceptors (Lipinski definition) is 2. The van der Waals surface area contributed by atoms with E-state index in [9.17, 15) is 13.6 Å². The number of alkyl halides is 2. The molecular weight excluding hydrogens is 142 g/mol. The van der Waals surface area contributed by atoms with E-state index in [1.807, 2.05) is 5.32 Å². The van der Waals surface area contributed by atoms with Gasteiger partial charge in [-0.05, 0) is 0 Å². The molecular formula is C5H6F2N2O. The fourth-order valence-corrected chi connectivity index (χ4v) is 0.325. The van der Waals surface area contributed by atoms with Crippen molar-refractivity contribution >= 4 is 5.91 Å². The second-order valence-corrected chi connectivity index (χ2v) is 1.53. The van der Waals surface area contributed by atoms with E-state index in [0.29, 0.717) is 0 Å². The van der Waals surface area contributed by atoms with Crippen LogP contribution in [0.25, 0.3) is 0 Å². The third-order valence-electron chi connectivity index (χ3n) is 0.693. The van der Waals surface area contributed by atoms with Crippen LogP contribution in [0.5, 0.6) is 0 Å². The van der Waals surface area contributed by atoms with Gasteiger partial charge in [-0.2, -0.15) is 5.26 Å². The van der Waals surface area contributed by atoms with Crippen LogP contribution in [0.1, 0.15) is 6.42 Å². The summed E-state index contributed by atoms with van der Waals surface area (Å²) in [5, 5.41) is 9.78. The summed E-state index contributed by atoms with van der Waals surface area (Å²) in [4.78, 5) is 10.3. The molecule has 56 valence electrons. The van der Waals surface area contributed by atoms with Crippen LogP contribution in [-0.4, -0.2) is 18.9 Å². The maximum atomic E-state index is 11.3. The molecule has 0 radical (unpaired) electrons. The van der Waals surface area contributed by atoms with E-state index < -0.39 is 18.9 Å². The monoisotopic (exact) mass is 148 g/mol. The van der Waals surface area contributed by atoms with E-state index in [1.54, 1.807) is 0 Å². The lowest BCUT2D eigenvalue weighted by atomic mass is 10.4. The molecule has 0 aromatic rings. The van der Waals surface area contributed by atoms with E-state index in [2.05, 4.69) is 0 Å². The van der Waals surface area contributed by atoms with Crippen LogP contribution in [0, 0.1) is 11.3 Å². The number of nitriles is 1. The molecule has 0 spiro atoms. The van der Waals surface area contributed by atoms with E-state index in [4.69, 9.17) is 5.26 Å². The van der Waals surface area contributed by atoms with Crippen molar-refractivity contribution in [2.45, 2.75) is 12.8 Å². The summed E-state index contributed by atoms with van der Waals surface area (Å²) in [6, 6.07) is 1.53. The molecule has 3 nitrogen and oxygen atoms in total. The van der Waals surface area contributed by atoms with Gasteiger partial charge in [-0.1, -0.05) is 0 Å². The minimum atomic E-state index is -2.55. The molecule has 0 aromatic heterocycles. The maximum absolute atomic E-state index is 11.3. The summed E-state index contributed by atoms with van der Waals surface area (Å²) < 4.78 is 22.7. The lowest BCUT2D eigenvalue weighted by Gasteiger charge is -1.98. The second kappa shape index (κ2) is 4.68. The third-order valence-corrected chi connectivity index (χ3v) is 0.693. The van der Waals surface area contributed by atoms with Gasteiger partial charge in [0.05, 0.1) is 12.6 Å². The SMILES string of the molecule is N#CCC(=O)NCC(F)F. The fraction of sp³-hybridized carbons (Fsp3) is 0.600. The van der Waals surface area contributed by atoms with Crippen molar-refractivity contribution in [1.29, 1.82) is 5.26 Å². The Hall–Kier alpha value is -1.18. The molecule has 1 N–H and O–H groups in total. The van der Waals surface area contributed by atoms with Crippen molar-refractivity contribution in [1.82, 2.24) is 5.32 Å². The predicted molar refractivity (Wildman–Crippen MR) is 29.2 cm³/mol. The van der Waals surface area contributed by atoms with Crippen molar-refractivity contribution in [3.05, 3.63) is 0 Å². The number of nitrogens with zero attached hydrogens (tertiary/aromatic N) is 1. The van der Waals surface area contributed by atoms with Crippen LogP contribution in [0.3, 0.4) is 0 Å². The van der Waals surface area contributed by atoms with Crippen molar-refractivity contribution in [3.63, 3.8) is 0 Å². The first-order chi connectivity index (χ1) is 4.66. The van der Waals surface area contributed by atoms with Crippen molar-refractivity contribution in [2.75, 3.05) is 6.54 Å². The minimum Gasteiger partial charge on any atom is -0.349 e. The summed E-state index contributed by atoms with van der Waals surface area (Å²) in [6.07, 6.45) is -2.92. The first kappa shape index (κ1) is 8.82. The van der Waals surface area contributed by atoms with Gasteiger partial charge in [0, 0.05) is 0 Å². The standard InChI is InChI=1S/C5H6F2N2O/c6-4(7)3-9-5(10)1-2-8/h4H,1,3H2,(H,9,10). The van der Waals surface area contributed by atoms with Gasteiger partial charge < -0.3 is 5.32 Å². The Bertz CT molecular complexity index is 152.